The van der Waals surface area contributed by atoms with Crippen LogP contribution in [0.5, 0.6) is 11.5 Å². The summed E-state index contributed by atoms with van der Waals surface area (Å²) in [5, 5.41) is 4.78. The molecule has 0 fully saturated rings. The first-order valence-corrected chi connectivity index (χ1v) is 9.43. The summed E-state index contributed by atoms with van der Waals surface area (Å²) < 4.78 is 11.1. The van der Waals surface area contributed by atoms with Crippen LogP contribution in [0.15, 0.2) is 41.8 Å². The Morgan fingerprint density at radius 1 is 1.08 bits per heavy atom. The quantitative estimate of drug-likeness (QED) is 0.692. The number of thiophene rings is 1. The van der Waals surface area contributed by atoms with Crippen molar-refractivity contribution in [2.75, 3.05) is 26.3 Å². The topological polar surface area (TPSA) is 67.9 Å². The van der Waals surface area contributed by atoms with E-state index in [9.17, 15) is 9.59 Å². The second kappa shape index (κ2) is 10.5. The van der Waals surface area contributed by atoms with Crippen LogP contribution in [-0.4, -0.2) is 43.0 Å². The number of hydrogen-bond acceptors (Lipinski definition) is 5. The molecule has 2 rings (SSSR count). The van der Waals surface area contributed by atoms with Gasteiger partial charge in [0.15, 0.2) is 18.1 Å². The van der Waals surface area contributed by atoms with Gasteiger partial charge in [0.2, 0.25) is 5.91 Å². The standard InChI is InChI=1S/C19H24N2O4S/c1-3-21(13-18(22)20-12-15-8-7-11-26-15)19(23)14-25-17-10-6-5-9-16(17)24-4-2/h5-11H,3-4,12-14H2,1-2H3,(H,20,22). The summed E-state index contributed by atoms with van der Waals surface area (Å²) in [6, 6.07) is 11.1. The van der Waals surface area contributed by atoms with Gasteiger partial charge in [-0.3, -0.25) is 9.59 Å². The number of carbonyl (C=O) groups is 2. The van der Waals surface area contributed by atoms with Gasteiger partial charge in [-0.25, -0.2) is 0 Å². The summed E-state index contributed by atoms with van der Waals surface area (Å²) in [7, 11) is 0. The number of para-hydroxylation sites is 2. The van der Waals surface area contributed by atoms with Crippen molar-refractivity contribution in [3.05, 3.63) is 46.7 Å². The zero-order valence-corrected chi connectivity index (χ0v) is 15.9. The molecule has 7 heteroatoms. The van der Waals surface area contributed by atoms with E-state index in [1.54, 1.807) is 23.5 Å². The van der Waals surface area contributed by atoms with Crippen LogP contribution < -0.4 is 14.8 Å². The predicted molar refractivity (Wildman–Crippen MR) is 102 cm³/mol. The number of ether oxygens (including phenoxy) is 2. The molecule has 0 spiro atoms. The van der Waals surface area contributed by atoms with Crippen molar-refractivity contribution in [1.82, 2.24) is 10.2 Å². The van der Waals surface area contributed by atoms with E-state index in [1.165, 1.54) is 4.90 Å². The number of likely N-dealkylation sites (N-methyl/N-ethyl adjacent to an activating group) is 1. The van der Waals surface area contributed by atoms with E-state index in [4.69, 9.17) is 9.47 Å². The van der Waals surface area contributed by atoms with Gasteiger partial charge < -0.3 is 19.7 Å². The molecule has 6 nitrogen and oxygen atoms in total. The molecule has 0 aliphatic heterocycles. The van der Waals surface area contributed by atoms with Crippen molar-refractivity contribution < 1.29 is 19.1 Å². The van der Waals surface area contributed by atoms with Crippen molar-refractivity contribution in [2.45, 2.75) is 20.4 Å². The highest BCUT2D eigenvalue weighted by molar-refractivity contribution is 7.09. The number of benzene rings is 1. The van der Waals surface area contributed by atoms with Crippen LogP contribution >= 0.6 is 11.3 Å². The van der Waals surface area contributed by atoms with Gasteiger partial charge in [0.1, 0.15) is 0 Å². The molecule has 140 valence electrons. The molecule has 1 aromatic heterocycles. The molecule has 0 saturated carbocycles. The maximum atomic E-state index is 12.4. The molecule has 0 atom stereocenters. The Bertz CT molecular complexity index is 703. The third-order valence-electron chi connectivity index (χ3n) is 3.61. The fourth-order valence-corrected chi connectivity index (χ4v) is 2.92. The molecule has 0 unspecified atom stereocenters. The van der Waals surface area contributed by atoms with E-state index in [1.807, 2.05) is 43.5 Å². The molecule has 0 aliphatic carbocycles. The number of carbonyl (C=O) groups excluding carboxylic acids is 2. The van der Waals surface area contributed by atoms with Gasteiger partial charge in [0, 0.05) is 11.4 Å². The number of rotatable bonds is 10. The highest BCUT2D eigenvalue weighted by Crippen LogP contribution is 2.26. The molecule has 0 radical (unpaired) electrons. The molecular weight excluding hydrogens is 352 g/mol. The molecule has 0 aliphatic rings. The lowest BCUT2D eigenvalue weighted by Gasteiger charge is -2.21. The predicted octanol–water partition coefficient (Wildman–Crippen LogP) is 2.69. The van der Waals surface area contributed by atoms with Crippen molar-refractivity contribution in [2.24, 2.45) is 0 Å². The second-order valence-corrected chi connectivity index (χ2v) is 6.46. The van der Waals surface area contributed by atoms with Gasteiger partial charge in [-0.05, 0) is 37.4 Å². The summed E-state index contributed by atoms with van der Waals surface area (Å²) in [6.07, 6.45) is 0. The average molecular weight is 376 g/mol. The number of nitrogens with one attached hydrogen (secondary N) is 1. The smallest absolute Gasteiger partial charge is 0.260 e. The maximum absolute atomic E-state index is 12.4. The van der Waals surface area contributed by atoms with E-state index in [2.05, 4.69) is 5.32 Å². The monoisotopic (exact) mass is 376 g/mol. The number of amides is 2. The van der Waals surface area contributed by atoms with Gasteiger partial charge in [-0.15, -0.1) is 11.3 Å². The van der Waals surface area contributed by atoms with E-state index in [-0.39, 0.29) is 25.0 Å². The normalized spacial score (nSPS) is 10.2. The average Bonchev–Trinajstić information content (AvgIpc) is 3.17. The van der Waals surface area contributed by atoms with Gasteiger partial charge >= 0.3 is 0 Å². The third-order valence-corrected chi connectivity index (χ3v) is 4.49. The third kappa shape index (κ3) is 6.07. The Balaban J connectivity index is 1.83. The minimum Gasteiger partial charge on any atom is -0.490 e. The molecule has 2 amide bonds. The number of hydrogen-bond donors (Lipinski definition) is 1. The van der Waals surface area contributed by atoms with Gasteiger partial charge in [0.05, 0.1) is 19.7 Å². The summed E-state index contributed by atoms with van der Waals surface area (Å²) in [6.45, 7) is 5.00. The summed E-state index contributed by atoms with van der Waals surface area (Å²) >= 11 is 1.58. The molecule has 0 bridgehead atoms. The van der Waals surface area contributed by atoms with Crippen LogP contribution in [0, 0.1) is 0 Å². The first kappa shape index (κ1) is 19.8. The molecule has 1 N–H and O–H groups in total. The summed E-state index contributed by atoms with van der Waals surface area (Å²) in [5.41, 5.74) is 0. The molecule has 0 saturated heterocycles. The lowest BCUT2D eigenvalue weighted by molar-refractivity contribution is -0.137. The highest BCUT2D eigenvalue weighted by atomic mass is 32.1. The molecule has 26 heavy (non-hydrogen) atoms. The largest absolute Gasteiger partial charge is 0.490 e. The van der Waals surface area contributed by atoms with Crippen LogP contribution in [0.25, 0.3) is 0 Å². The van der Waals surface area contributed by atoms with E-state index >= 15 is 0 Å². The van der Waals surface area contributed by atoms with Gasteiger partial charge in [0.25, 0.3) is 5.91 Å². The van der Waals surface area contributed by atoms with Crippen LogP contribution in [0.3, 0.4) is 0 Å². The first-order chi connectivity index (χ1) is 12.6. The zero-order chi connectivity index (χ0) is 18.8. The van der Waals surface area contributed by atoms with Crippen LogP contribution in [-0.2, 0) is 16.1 Å². The fourth-order valence-electron chi connectivity index (χ4n) is 2.28. The Hall–Kier alpha value is -2.54. The maximum Gasteiger partial charge on any atom is 0.260 e. The van der Waals surface area contributed by atoms with E-state index in [0.717, 1.165) is 4.88 Å². The van der Waals surface area contributed by atoms with Crippen LogP contribution in [0.2, 0.25) is 0 Å². The van der Waals surface area contributed by atoms with Crippen LogP contribution in [0.4, 0.5) is 0 Å². The second-order valence-electron chi connectivity index (χ2n) is 5.43. The zero-order valence-electron chi connectivity index (χ0n) is 15.1. The SMILES string of the molecule is CCOc1ccccc1OCC(=O)N(CC)CC(=O)NCc1cccs1. The molecule has 1 heterocycles. The molecular formula is C19H24N2O4S. The highest BCUT2D eigenvalue weighted by Gasteiger charge is 2.17. The minimum atomic E-state index is -0.245. The van der Waals surface area contributed by atoms with Gasteiger partial charge in [-0.2, -0.15) is 0 Å². The lowest BCUT2D eigenvalue weighted by Crippen LogP contribution is -2.42. The van der Waals surface area contributed by atoms with Gasteiger partial charge in [-0.1, -0.05) is 18.2 Å². The van der Waals surface area contributed by atoms with Crippen molar-refractivity contribution in [3.8, 4) is 11.5 Å². The van der Waals surface area contributed by atoms with E-state index < -0.39 is 0 Å². The minimum absolute atomic E-state index is 0.0111. The summed E-state index contributed by atoms with van der Waals surface area (Å²) in [4.78, 5) is 27.0. The van der Waals surface area contributed by atoms with Crippen molar-refractivity contribution in [1.29, 1.82) is 0 Å². The van der Waals surface area contributed by atoms with Crippen molar-refractivity contribution >= 4 is 23.2 Å². The van der Waals surface area contributed by atoms with Crippen molar-refractivity contribution in [3.63, 3.8) is 0 Å². The van der Waals surface area contributed by atoms with Crippen LogP contribution in [0.1, 0.15) is 18.7 Å². The Labute approximate surface area is 157 Å². The molecule has 2 aromatic rings. The lowest BCUT2D eigenvalue weighted by atomic mass is 10.3. The first-order valence-electron chi connectivity index (χ1n) is 8.55. The summed E-state index contributed by atoms with van der Waals surface area (Å²) in [5.74, 6) is 0.675. The number of nitrogens with zero attached hydrogens (tertiary/aromatic N) is 1. The Kier molecular flexibility index (Phi) is 7.95. The Morgan fingerprint density at radius 2 is 1.81 bits per heavy atom. The molecule has 1 aromatic carbocycles. The fraction of sp³-hybridized carbons (Fsp3) is 0.368. The van der Waals surface area contributed by atoms with E-state index in [0.29, 0.717) is 31.2 Å². The Morgan fingerprint density at radius 3 is 2.42 bits per heavy atom.